The van der Waals surface area contributed by atoms with Gasteiger partial charge in [0.25, 0.3) is 0 Å². The summed E-state index contributed by atoms with van der Waals surface area (Å²) in [6.07, 6.45) is 1.78. The van der Waals surface area contributed by atoms with Crippen LogP contribution in [0.3, 0.4) is 0 Å². The number of nitrogens with one attached hydrogen (secondary N) is 1. The summed E-state index contributed by atoms with van der Waals surface area (Å²) >= 11 is 0. The molecule has 0 bridgehead atoms. The fraction of sp³-hybridized carbons (Fsp3) is 0.286. The largest absolute Gasteiger partial charge is 0.341 e. The zero-order valence-electron chi connectivity index (χ0n) is 10.5. The van der Waals surface area contributed by atoms with E-state index in [0.717, 1.165) is 17.1 Å². The summed E-state index contributed by atoms with van der Waals surface area (Å²) < 4.78 is 0. The molecule has 1 unspecified atom stereocenters. The molecule has 0 radical (unpaired) electrons. The molecule has 0 saturated carbocycles. The summed E-state index contributed by atoms with van der Waals surface area (Å²) in [7, 11) is 0. The molecule has 0 aliphatic carbocycles. The van der Waals surface area contributed by atoms with Gasteiger partial charge in [-0.15, -0.1) is 0 Å². The Morgan fingerprint density at radius 3 is 2.50 bits per heavy atom. The third kappa shape index (κ3) is 2.41. The second kappa shape index (κ2) is 5.03. The minimum absolute atomic E-state index is 0.0860. The molecule has 0 fully saturated rings. The molecule has 3 N–H and O–H groups in total. The van der Waals surface area contributed by atoms with Crippen molar-refractivity contribution in [3.05, 3.63) is 41.9 Å². The molecule has 1 aromatic heterocycles. The standard InChI is InChI=1S/C14H16N4/c1-9(2)13(16)14-17-8-12(18-14)11-5-3-10(7-15)4-6-11/h3-6,8-9,13H,16H2,1-2H3,(H,17,18). The maximum Gasteiger partial charge on any atom is 0.123 e. The van der Waals surface area contributed by atoms with Gasteiger partial charge in [0.05, 0.1) is 29.6 Å². The first-order valence-electron chi connectivity index (χ1n) is 5.93. The monoisotopic (exact) mass is 240 g/mol. The van der Waals surface area contributed by atoms with Crippen molar-refractivity contribution in [2.24, 2.45) is 11.7 Å². The predicted molar refractivity (Wildman–Crippen MR) is 70.5 cm³/mol. The van der Waals surface area contributed by atoms with Crippen molar-refractivity contribution in [1.29, 1.82) is 5.26 Å². The fourth-order valence-corrected chi connectivity index (χ4v) is 1.69. The molecule has 0 spiro atoms. The van der Waals surface area contributed by atoms with Gasteiger partial charge in [-0.25, -0.2) is 4.98 Å². The number of nitriles is 1. The van der Waals surface area contributed by atoms with Crippen LogP contribution < -0.4 is 5.73 Å². The SMILES string of the molecule is CC(C)C(N)c1ncc(-c2ccc(C#N)cc2)[nH]1. The number of rotatable bonds is 3. The maximum absolute atomic E-state index is 8.75. The number of benzene rings is 1. The first kappa shape index (κ1) is 12.3. The zero-order chi connectivity index (χ0) is 13.1. The van der Waals surface area contributed by atoms with Gasteiger partial charge in [-0.3, -0.25) is 0 Å². The van der Waals surface area contributed by atoms with E-state index in [4.69, 9.17) is 11.0 Å². The van der Waals surface area contributed by atoms with E-state index >= 15 is 0 Å². The van der Waals surface area contributed by atoms with Crippen molar-refractivity contribution in [3.8, 4) is 17.3 Å². The number of nitrogens with zero attached hydrogens (tertiary/aromatic N) is 2. The average molecular weight is 240 g/mol. The molecule has 4 nitrogen and oxygen atoms in total. The Balaban J connectivity index is 2.26. The van der Waals surface area contributed by atoms with Crippen LogP contribution in [0.25, 0.3) is 11.3 Å². The van der Waals surface area contributed by atoms with Crippen LogP contribution >= 0.6 is 0 Å². The number of nitrogens with two attached hydrogens (primary N) is 1. The molecule has 1 aromatic carbocycles. The van der Waals surface area contributed by atoms with Crippen molar-refractivity contribution in [2.45, 2.75) is 19.9 Å². The number of aromatic amines is 1. The van der Waals surface area contributed by atoms with Crippen LogP contribution in [-0.4, -0.2) is 9.97 Å². The Kier molecular flexibility index (Phi) is 3.45. The molecule has 1 atom stereocenters. The Labute approximate surface area is 106 Å². The van der Waals surface area contributed by atoms with Crippen LogP contribution in [0.4, 0.5) is 0 Å². The number of imidazole rings is 1. The summed E-state index contributed by atoms with van der Waals surface area (Å²) in [5.41, 5.74) is 8.61. The van der Waals surface area contributed by atoms with Crippen LogP contribution in [0.15, 0.2) is 30.5 Å². The van der Waals surface area contributed by atoms with E-state index in [1.165, 1.54) is 0 Å². The topological polar surface area (TPSA) is 78.5 Å². The molecular weight excluding hydrogens is 224 g/mol. The van der Waals surface area contributed by atoms with Crippen molar-refractivity contribution in [1.82, 2.24) is 9.97 Å². The summed E-state index contributed by atoms with van der Waals surface area (Å²) in [4.78, 5) is 7.54. The average Bonchev–Trinajstić information content (AvgIpc) is 2.87. The molecule has 2 rings (SSSR count). The maximum atomic E-state index is 8.75. The van der Waals surface area contributed by atoms with Crippen LogP contribution in [0, 0.1) is 17.2 Å². The molecule has 0 aliphatic heterocycles. The molecule has 0 saturated heterocycles. The lowest BCUT2D eigenvalue weighted by atomic mass is 10.1. The Bertz CT molecular complexity index is 560. The van der Waals surface area contributed by atoms with Gasteiger partial charge in [0, 0.05) is 0 Å². The van der Waals surface area contributed by atoms with Crippen LogP contribution in [0.2, 0.25) is 0 Å². The number of aromatic nitrogens is 2. The lowest BCUT2D eigenvalue weighted by Gasteiger charge is -2.12. The highest BCUT2D eigenvalue weighted by Crippen LogP contribution is 2.21. The predicted octanol–water partition coefficient (Wildman–Crippen LogP) is 2.60. The summed E-state index contributed by atoms with van der Waals surface area (Å²) in [6, 6.07) is 9.39. The number of H-pyrrole nitrogens is 1. The molecule has 92 valence electrons. The van der Waals surface area contributed by atoms with Crippen LogP contribution in [0.1, 0.15) is 31.3 Å². The lowest BCUT2D eigenvalue weighted by Crippen LogP contribution is -2.18. The van der Waals surface area contributed by atoms with Crippen molar-refractivity contribution in [3.63, 3.8) is 0 Å². The van der Waals surface area contributed by atoms with E-state index in [1.54, 1.807) is 18.3 Å². The van der Waals surface area contributed by atoms with E-state index in [1.807, 2.05) is 12.1 Å². The normalized spacial score (nSPS) is 12.4. The molecular formula is C14H16N4. The molecule has 1 heterocycles. The van der Waals surface area contributed by atoms with E-state index in [9.17, 15) is 0 Å². The van der Waals surface area contributed by atoms with E-state index in [-0.39, 0.29) is 6.04 Å². The van der Waals surface area contributed by atoms with E-state index in [2.05, 4.69) is 29.9 Å². The van der Waals surface area contributed by atoms with Gasteiger partial charge < -0.3 is 10.7 Å². The molecule has 0 amide bonds. The van der Waals surface area contributed by atoms with Gasteiger partial charge in [0.15, 0.2) is 0 Å². The van der Waals surface area contributed by atoms with Crippen LogP contribution in [-0.2, 0) is 0 Å². The van der Waals surface area contributed by atoms with Crippen molar-refractivity contribution in [2.75, 3.05) is 0 Å². The highest BCUT2D eigenvalue weighted by Gasteiger charge is 2.14. The van der Waals surface area contributed by atoms with Gasteiger partial charge in [-0.05, 0) is 23.6 Å². The minimum atomic E-state index is -0.0860. The van der Waals surface area contributed by atoms with Crippen molar-refractivity contribution >= 4 is 0 Å². The quantitative estimate of drug-likeness (QED) is 0.865. The summed E-state index contributed by atoms with van der Waals surface area (Å²) in [6.45, 7) is 4.13. The van der Waals surface area contributed by atoms with Gasteiger partial charge in [0.2, 0.25) is 0 Å². The van der Waals surface area contributed by atoms with E-state index < -0.39 is 0 Å². The summed E-state index contributed by atoms with van der Waals surface area (Å²) in [5.74, 6) is 1.13. The van der Waals surface area contributed by atoms with E-state index in [0.29, 0.717) is 11.5 Å². The second-order valence-corrected chi connectivity index (χ2v) is 4.64. The molecule has 2 aromatic rings. The van der Waals surface area contributed by atoms with Gasteiger partial charge in [-0.1, -0.05) is 26.0 Å². The molecule has 0 aliphatic rings. The number of hydrogen-bond donors (Lipinski definition) is 2. The first-order valence-corrected chi connectivity index (χ1v) is 5.93. The van der Waals surface area contributed by atoms with Crippen molar-refractivity contribution < 1.29 is 0 Å². The second-order valence-electron chi connectivity index (χ2n) is 4.64. The Hall–Kier alpha value is -2.12. The highest BCUT2D eigenvalue weighted by atomic mass is 15.0. The van der Waals surface area contributed by atoms with Gasteiger partial charge in [0.1, 0.15) is 5.82 Å². The Morgan fingerprint density at radius 1 is 1.28 bits per heavy atom. The Morgan fingerprint density at radius 2 is 1.94 bits per heavy atom. The number of hydrogen-bond acceptors (Lipinski definition) is 3. The first-order chi connectivity index (χ1) is 8.61. The smallest absolute Gasteiger partial charge is 0.123 e. The third-order valence-corrected chi connectivity index (χ3v) is 2.95. The van der Waals surface area contributed by atoms with Crippen LogP contribution in [0.5, 0.6) is 0 Å². The fourth-order valence-electron chi connectivity index (χ4n) is 1.69. The summed E-state index contributed by atoms with van der Waals surface area (Å²) in [5, 5.41) is 8.75. The van der Waals surface area contributed by atoms with Gasteiger partial charge in [-0.2, -0.15) is 5.26 Å². The molecule has 4 heteroatoms. The lowest BCUT2D eigenvalue weighted by molar-refractivity contribution is 0.494. The minimum Gasteiger partial charge on any atom is -0.341 e. The molecule has 18 heavy (non-hydrogen) atoms. The zero-order valence-corrected chi connectivity index (χ0v) is 10.5. The van der Waals surface area contributed by atoms with Gasteiger partial charge >= 0.3 is 0 Å². The third-order valence-electron chi connectivity index (χ3n) is 2.95. The highest BCUT2D eigenvalue weighted by molar-refractivity contribution is 5.59.